The van der Waals surface area contributed by atoms with E-state index < -0.39 is 5.67 Å². The molecule has 0 spiro atoms. The Morgan fingerprint density at radius 3 is 2.35 bits per heavy atom. The molecule has 3 rings (SSSR count). The molecule has 1 aliphatic rings. The number of nitrogen functional groups attached to an aromatic ring is 1. The van der Waals surface area contributed by atoms with E-state index >= 15 is 0 Å². The number of hydrogen-bond acceptors (Lipinski definition) is 5. The van der Waals surface area contributed by atoms with Crippen molar-refractivity contribution in [2.24, 2.45) is 0 Å². The zero-order valence-corrected chi connectivity index (χ0v) is 11.3. The van der Waals surface area contributed by atoms with Gasteiger partial charge in [0, 0.05) is 17.2 Å². The quantitative estimate of drug-likeness (QED) is 0.914. The van der Waals surface area contributed by atoms with Crippen molar-refractivity contribution in [3.05, 3.63) is 23.8 Å². The Morgan fingerprint density at radius 2 is 1.80 bits per heavy atom. The molecule has 0 amide bonds. The van der Waals surface area contributed by atoms with Crippen molar-refractivity contribution in [3.8, 4) is 22.8 Å². The number of nitrogens with zero attached hydrogens (tertiary/aromatic N) is 1. The Hall–Kier alpha value is -2.24. The van der Waals surface area contributed by atoms with Crippen molar-refractivity contribution in [1.29, 1.82) is 0 Å². The van der Waals surface area contributed by atoms with Gasteiger partial charge in [-0.2, -0.15) is 0 Å². The van der Waals surface area contributed by atoms with Crippen LogP contribution in [0.4, 0.5) is 10.2 Å². The van der Waals surface area contributed by atoms with E-state index in [9.17, 15) is 4.39 Å². The van der Waals surface area contributed by atoms with Gasteiger partial charge >= 0.3 is 0 Å². The third kappa shape index (κ3) is 2.17. The van der Waals surface area contributed by atoms with Gasteiger partial charge in [0.05, 0.1) is 0 Å². The first kappa shape index (κ1) is 12.8. The highest BCUT2D eigenvalue weighted by atomic mass is 19.1. The SMILES string of the molecule is CC(C)(F)c1cc2c(cc1-c1cc(N)no1)OCCO2. The molecule has 2 heterocycles. The minimum atomic E-state index is -1.56. The van der Waals surface area contributed by atoms with Crippen molar-refractivity contribution >= 4 is 5.82 Å². The van der Waals surface area contributed by atoms with E-state index in [4.69, 9.17) is 19.7 Å². The van der Waals surface area contributed by atoms with Crippen LogP contribution in [0.5, 0.6) is 11.5 Å². The summed E-state index contributed by atoms with van der Waals surface area (Å²) >= 11 is 0. The molecule has 2 N–H and O–H groups in total. The first-order chi connectivity index (χ1) is 9.45. The van der Waals surface area contributed by atoms with Crippen LogP contribution in [0.1, 0.15) is 19.4 Å². The Balaban J connectivity index is 2.20. The molecule has 5 nitrogen and oxygen atoms in total. The van der Waals surface area contributed by atoms with Crippen molar-refractivity contribution in [1.82, 2.24) is 5.16 Å². The van der Waals surface area contributed by atoms with Gasteiger partial charge in [-0.1, -0.05) is 5.16 Å². The van der Waals surface area contributed by atoms with Gasteiger partial charge < -0.3 is 19.7 Å². The molecular formula is C14H15FN2O3. The fraction of sp³-hybridized carbons (Fsp3) is 0.357. The lowest BCUT2D eigenvalue weighted by atomic mass is 9.92. The number of aromatic nitrogens is 1. The van der Waals surface area contributed by atoms with Crippen molar-refractivity contribution in [2.75, 3.05) is 18.9 Å². The number of fused-ring (bicyclic) bond motifs is 1. The first-order valence-corrected chi connectivity index (χ1v) is 6.31. The highest BCUT2D eigenvalue weighted by molar-refractivity contribution is 5.70. The number of halogens is 1. The van der Waals surface area contributed by atoms with Crippen LogP contribution in [0.15, 0.2) is 22.7 Å². The zero-order chi connectivity index (χ0) is 14.3. The number of hydrogen-bond donors (Lipinski definition) is 1. The van der Waals surface area contributed by atoms with E-state index in [1.54, 1.807) is 18.2 Å². The van der Waals surface area contributed by atoms with Gasteiger partial charge in [0.1, 0.15) is 18.9 Å². The predicted molar refractivity (Wildman–Crippen MR) is 71.5 cm³/mol. The van der Waals surface area contributed by atoms with Crippen LogP contribution in [0.2, 0.25) is 0 Å². The molecular weight excluding hydrogens is 263 g/mol. The standard InChI is InChI=1S/C14H15FN2O3/c1-14(2,15)9-6-12-11(18-3-4-19-12)5-8(9)10-7-13(16)17-20-10/h5-7H,3-4H2,1-2H3,(H2,16,17). The summed E-state index contributed by atoms with van der Waals surface area (Å²) in [5.41, 5.74) is 5.00. The van der Waals surface area contributed by atoms with Gasteiger partial charge in [-0.05, 0) is 26.0 Å². The van der Waals surface area contributed by atoms with Gasteiger partial charge in [-0.15, -0.1) is 0 Å². The number of benzene rings is 1. The van der Waals surface area contributed by atoms with E-state index in [1.165, 1.54) is 13.8 Å². The molecule has 1 aliphatic heterocycles. The molecule has 1 aromatic heterocycles. The fourth-order valence-corrected chi connectivity index (χ4v) is 2.20. The molecule has 20 heavy (non-hydrogen) atoms. The van der Waals surface area contributed by atoms with Crippen molar-refractivity contribution in [2.45, 2.75) is 19.5 Å². The maximum atomic E-state index is 14.5. The molecule has 0 saturated carbocycles. The monoisotopic (exact) mass is 278 g/mol. The Kier molecular flexibility index (Phi) is 2.81. The van der Waals surface area contributed by atoms with Gasteiger partial charge in [-0.3, -0.25) is 0 Å². The van der Waals surface area contributed by atoms with E-state index in [0.717, 1.165) is 0 Å². The highest BCUT2D eigenvalue weighted by Gasteiger charge is 2.28. The highest BCUT2D eigenvalue weighted by Crippen LogP contribution is 2.42. The second kappa shape index (κ2) is 4.40. The second-order valence-electron chi connectivity index (χ2n) is 5.13. The van der Waals surface area contributed by atoms with E-state index in [0.29, 0.717) is 41.6 Å². The summed E-state index contributed by atoms with van der Waals surface area (Å²) in [6.45, 7) is 3.86. The average molecular weight is 278 g/mol. The molecule has 0 atom stereocenters. The number of ether oxygens (including phenoxy) is 2. The third-order valence-electron chi connectivity index (χ3n) is 3.12. The topological polar surface area (TPSA) is 70.5 Å². The average Bonchev–Trinajstić information content (AvgIpc) is 2.83. The summed E-state index contributed by atoms with van der Waals surface area (Å²) < 4.78 is 30.6. The molecule has 6 heteroatoms. The van der Waals surface area contributed by atoms with Crippen LogP contribution in [0.25, 0.3) is 11.3 Å². The molecule has 0 fully saturated rings. The largest absolute Gasteiger partial charge is 0.486 e. The maximum Gasteiger partial charge on any atom is 0.169 e. The zero-order valence-electron chi connectivity index (χ0n) is 11.3. The van der Waals surface area contributed by atoms with Crippen LogP contribution in [0.3, 0.4) is 0 Å². The number of alkyl halides is 1. The van der Waals surface area contributed by atoms with Crippen LogP contribution < -0.4 is 15.2 Å². The van der Waals surface area contributed by atoms with Crippen molar-refractivity contribution < 1.29 is 18.4 Å². The molecule has 0 aliphatic carbocycles. The van der Waals surface area contributed by atoms with Gasteiger partial charge in [0.25, 0.3) is 0 Å². The number of rotatable bonds is 2. The number of anilines is 1. The Morgan fingerprint density at radius 1 is 1.15 bits per heavy atom. The summed E-state index contributed by atoms with van der Waals surface area (Å²) in [4.78, 5) is 0. The minimum Gasteiger partial charge on any atom is -0.486 e. The van der Waals surface area contributed by atoms with E-state index in [2.05, 4.69) is 5.16 Å². The summed E-state index contributed by atoms with van der Waals surface area (Å²) in [7, 11) is 0. The summed E-state index contributed by atoms with van der Waals surface area (Å²) in [6, 6.07) is 4.90. The van der Waals surface area contributed by atoms with Crippen LogP contribution in [-0.2, 0) is 5.67 Å². The second-order valence-corrected chi connectivity index (χ2v) is 5.13. The van der Waals surface area contributed by atoms with E-state index in [1.807, 2.05) is 0 Å². The smallest absolute Gasteiger partial charge is 0.169 e. The van der Waals surface area contributed by atoms with Gasteiger partial charge in [0.15, 0.2) is 23.1 Å². The lowest BCUT2D eigenvalue weighted by Gasteiger charge is -2.24. The number of nitrogens with two attached hydrogens (primary N) is 1. The summed E-state index contributed by atoms with van der Waals surface area (Å²) in [5, 5.41) is 3.64. The summed E-state index contributed by atoms with van der Waals surface area (Å²) in [6.07, 6.45) is 0. The predicted octanol–water partition coefficient (Wildman–Crippen LogP) is 2.90. The first-order valence-electron chi connectivity index (χ1n) is 6.31. The Bertz CT molecular complexity index is 646. The van der Waals surface area contributed by atoms with Crippen molar-refractivity contribution in [3.63, 3.8) is 0 Å². The molecule has 106 valence electrons. The molecule has 0 radical (unpaired) electrons. The Labute approximate surface area is 115 Å². The fourth-order valence-electron chi connectivity index (χ4n) is 2.20. The molecule has 2 aromatic rings. The van der Waals surface area contributed by atoms with Gasteiger partial charge in [-0.25, -0.2) is 4.39 Å². The molecule has 0 bridgehead atoms. The summed E-state index contributed by atoms with van der Waals surface area (Å²) in [5.74, 6) is 1.75. The molecule has 0 unspecified atom stereocenters. The lowest BCUT2D eigenvalue weighted by molar-refractivity contribution is 0.169. The third-order valence-corrected chi connectivity index (χ3v) is 3.12. The molecule has 1 aromatic carbocycles. The minimum absolute atomic E-state index is 0.248. The lowest BCUT2D eigenvalue weighted by Crippen LogP contribution is -2.18. The van der Waals surface area contributed by atoms with Crippen LogP contribution in [0, 0.1) is 0 Å². The maximum absolute atomic E-state index is 14.5. The van der Waals surface area contributed by atoms with Crippen LogP contribution >= 0.6 is 0 Å². The van der Waals surface area contributed by atoms with Crippen LogP contribution in [-0.4, -0.2) is 18.4 Å². The molecule has 0 saturated heterocycles. The normalized spacial score (nSPS) is 14.3. The van der Waals surface area contributed by atoms with E-state index in [-0.39, 0.29) is 5.82 Å². The van der Waals surface area contributed by atoms with Gasteiger partial charge in [0.2, 0.25) is 0 Å².